The van der Waals surface area contributed by atoms with Crippen LogP contribution < -0.4 is 5.32 Å². The summed E-state index contributed by atoms with van der Waals surface area (Å²) in [5, 5.41) is 7.16. The predicted octanol–water partition coefficient (Wildman–Crippen LogP) is 2.97. The molecule has 1 aliphatic rings. The Hall–Kier alpha value is -1.64. The van der Waals surface area contributed by atoms with Crippen molar-refractivity contribution in [2.75, 3.05) is 19.6 Å². The standard InChI is InChI=1S/C15H17F3N4O.ClH/c1-10-8-19-6-7-22(10)9-13-20-14(21-23-13)11-2-4-12(5-3-11)15(16,17)18;/h2-5,10,19H,6-9H2,1H3;1H/t10-;/m0./s1. The van der Waals surface area contributed by atoms with Gasteiger partial charge in [-0.25, -0.2) is 0 Å². The first-order valence-corrected chi connectivity index (χ1v) is 7.38. The molecule has 24 heavy (non-hydrogen) atoms. The van der Waals surface area contributed by atoms with Crippen molar-refractivity contribution >= 4 is 12.4 Å². The number of aromatic nitrogens is 2. The first-order valence-electron chi connectivity index (χ1n) is 7.38. The zero-order valence-electron chi connectivity index (χ0n) is 13.0. The number of nitrogens with one attached hydrogen (secondary N) is 1. The fourth-order valence-electron chi connectivity index (χ4n) is 2.54. The van der Waals surface area contributed by atoms with E-state index < -0.39 is 11.7 Å². The molecule has 3 rings (SSSR count). The van der Waals surface area contributed by atoms with Crippen LogP contribution in [0.2, 0.25) is 0 Å². The topological polar surface area (TPSA) is 54.2 Å². The number of rotatable bonds is 3. The van der Waals surface area contributed by atoms with E-state index in [1.54, 1.807) is 0 Å². The summed E-state index contributed by atoms with van der Waals surface area (Å²) in [5.74, 6) is 0.769. The highest BCUT2D eigenvalue weighted by Gasteiger charge is 2.30. The van der Waals surface area contributed by atoms with Crippen LogP contribution in [0.5, 0.6) is 0 Å². The van der Waals surface area contributed by atoms with E-state index in [0.29, 0.717) is 29.9 Å². The maximum atomic E-state index is 12.6. The van der Waals surface area contributed by atoms with E-state index in [0.717, 1.165) is 31.8 Å². The van der Waals surface area contributed by atoms with Crippen molar-refractivity contribution in [3.8, 4) is 11.4 Å². The van der Waals surface area contributed by atoms with Crippen molar-refractivity contribution in [3.63, 3.8) is 0 Å². The van der Waals surface area contributed by atoms with Gasteiger partial charge in [-0.3, -0.25) is 4.90 Å². The van der Waals surface area contributed by atoms with Crippen LogP contribution in [0.4, 0.5) is 13.2 Å². The largest absolute Gasteiger partial charge is 0.416 e. The molecule has 132 valence electrons. The third-order valence-corrected chi connectivity index (χ3v) is 3.92. The Morgan fingerprint density at radius 2 is 2.00 bits per heavy atom. The molecule has 0 aliphatic carbocycles. The molecule has 2 aromatic rings. The van der Waals surface area contributed by atoms with Crippen LogP contribution >= 0.6 is 12.4 Å². The van der Waals surface area contributed by atoms with Gasteiger partial charge in [-0.1, -0.05) is 17.3 Å². The highest BCUT2D eigenvalue weighted by molar-refractivity contribution is 5.85. The Morgan fingerprint density at radius 3 is 2.62 bits per heavy atom. The molecule has 1 aliphatic heterocycles. The number of alkyl halides is 3. The zero-order valence-corrected chi connectivity index (χ0v) is 13.8. The lowest BCUT2D eigenvalue weighted by Crippen LogP contribution is -2.49. The summed E-state index contributed by atoms with van der Waals surface area (Å²) in [6.45, 7) is 5.35. The van der Waals surface area contributed by atoms with Crippen LogP contribution in [-0.2, 0) is 12.7 Å². The minimum Gasteiger partial charge on any atom is -0.338 e. The molecule has 1 atom stereocenters. The van der Waals surface area contributed by atoms with Crippen LogP contribution in [0.3, 0.4) is 0 Å². The summed E-state index contributed by atoms with van der Waals surface area (Å²) in [6.07, 6.45) is -4.35. The Balaban J connectivity index is 0.00000208. The SMILES string of the molecule is C[C@H]1CNCCN1Cc1nc(-c2ccc(C(F)(F)F)cc2)no1.Cl. The molecule has 1 N–H and O–H groups in total. The van der Waals surface area contributed by atoms with Crippen LogP contribution in [0, 0.1) is 0 Å². The van der Waals surface area contributed by atoms with Crippen molar-refractivity contribution in [2.24, 2.45) is 0 Å². The van der Waals surface area contributed by atoms with E-state index >= 15 is 0 Å². The summed E-state index contributed by atoms with van der Waals surface area (Å²) in [5.41, 5.74) is -0.194. The number of nitrogens with zero attached hydrogens (tertiary/aromatic N) is 3. The van der Waals surface area contributed by atoms with E-state index in [2.05, 4.69) is 27.3 Å². The molecule has 9 heteroatoms. The molecule has 0 unspecified atom stereocenters. The van der Waals surface area contributed by atoms with Crippen LogP contribution in [0.15, 0.2) is 28.8 Å². The van der Waals surface area contributed by atoms with E-state index in [4.69, 9.17) is 4.52 Å². The summed E-state index contributed by atoms with van der Waals surface area (Å²) in [4.78, 5) is 6.50. The molecular formula is C15H18ClF3N4O. The van der Waals surface area contributed by atoms with Gasteiger partial charge in [0.15, 0.2) is 0 Å². The minimum atomic E-state index is -4.35. The van der Waals surface area contributed by atoms with Gasteiger partial charge >= 0.3 is 6.18 Å². The predicted molar refractivity (Wildman–Crippen MR) is 84.7 cm³/mol. The average Bonchev–Trinajstić information content (AvgIpc) is 2.97. The number of piperazine rings is 1. The zero-order chi connectivity index (χ0) is 16.4. The molecule has 1 saturated heterocycles. The third kappa shape index (κ3) is 4.25. The van der Waals surface area contributed by atoms with Crippen LogP contribution in [-0.4, -0.2) is 40.7 Å². The van der Waals surface area contributed by atoms with Gasteiger partial charge < -0.3 is 9.84 Å². The number of benzene rings is 1. The summed E-state index contributed by atoms with van der Waals surface area (Å²) < 4.78 is 42.9. The Kier molecular flexibility index (Phi) is 5.84. The van der Waals surface area contributed by atoms with Crippen molar-refractivity contribution in [3.05, 3.63) is 35.7 Å². The Morgan fingerprint density at radius 1 is 1.29 bits per heavy atom. The Labute approximate surface area is 143 Å². The van der Waals surface area contributed by atoms with Crippen molar-refractivity contribution in [1.29, 1.82) is 0 Å². The average molecular weight is 363 g/mol. The molecule has 0 radical (unpaired) electrons. The molecule has 1 aromatic carbocycles. The van der Waals surface area contributed by atoms with Gasteiger partial charge in [-0.15, -0.1) is 12.4 Å². The minimum absolute atomic E-state index is 0. The summed E-state index contributed by atoms with van der Waals surface area (Å²) in [6, 6.07) is 5.11. The highest BCUT2D eigenvalue weighted by Crippen LogP contribution is 2.30. The van der Waals surface area contributed by atoms with Gasteiger partial charge in [0.1, 0.15) is 0 Å². The maximum Gasteiger partial charge on any atom is 0.416 e. The van der Waals surface area contributed by atoms with Crippen molar-refractivity contribution in [2.45, 2.75) is 25.7 Å². The lowest BCUT2D eigenvalue weighted by atomic mass is 10.1. The third-order valence-electron chi connectivity index (χ3n) is 3.92. The van der Waals surface area contributed by atoms with Gasteiger partial charge in [0.25, 0.3) is 0 Å². The second kappa shape index (κ2) is 7.50. The van der Waals surface area contributed by atoms with Gasteiger partial charge in [-0.05, 0) is 19.1 Å². The molecule has 5 nitrogen and oxygen atoms in total. The molecule has 1 fully saturated rings. The first kappa shape index (κ1) is 18.7. The van der Waals surface area contributed by atoms with Crippen LogP contribution in [0.1, 0.15) is 18.4 Å². The molecule has 0 saturated carbocycles. The highest BCUT2D eigenvalue weighted by atomic mass is 35.5. The fraction of sp³-hybridized carbons (Fsp3) is 0.467. The monoisotopic (exact) mass is 362 g/mol. The van der Waals surface area contributed by atoms with Crippen molar-refractivity contribution in [1.82, 2.24) is 20.4 Å². The van der Waals surface area contributed by atoms with E-state index in [-0.39, 0.29) is 12.4 Å². The molecule has 1 aromatic heterocycles. The number of halogens is 4. The fourth-order valence-corrected chi connectivity index (χ4v) is 2.54. The van der Waals surface area contributed by atoms with Gasteiger partial charge in [-0.2, -0.15) is 18.2 Å². The quantitative estimate of drug-likeness (QED) is 0.909. The summed E-state index contributed by atoms with van der Waals surface area (Å²) in [7, 11) is 0. The normalized spacial score (nSPS) is 19.1. The molecule has 0 amide bonds. The lowest BCUT2D eigenvalue weighted by Gasteiger charge is -2.32. The van der Waals surface area contributed by atoms with E-state index in [1.165, 1.54) is 12.1 Å². The molecule has 2 heterocycles. The second-order valence-corrected chi connectivity index (χ2v) is 5.61. The first-order chi connectivity index (χ1) is 10.9. The Bertz CT molecular complexity index is 659. The van der Waals surface area contributed by atoms with Crippen molar-refractivity contribution < 1.29 is 17.7 Å². The van der Waals surface area contributed by atoms with E-state index in [1.807, 2.05) is 0 Å². The second-order valence-electron chi connectivity index (χ2n) is 5.61. The number of hydrogen-bond donors (Lipinski definition) is 1. The van der Waals surface area contributed by atoms with Gasteiger partial charge in [0.05, 0.1) is 12.1 Å². The van der Waals surface area contributed by atoms with Gasteiger partial charge in [0, 0.05) is 31.2 Å². The lowest BCUT2D eigenvalue weighted by molar-refractivity contribution is -0.137. The molecular weight excluding hydrogens is 345 g/mol. The van der Waals surface area contributed by atoms with Crippen LogP contribution in [0.25, 0.3) is 11.4 Å². The smallest absolute Gasteiger partial charge is 0.338 e. The summed E-state index contributed by atoms with van der Waals surface area (Å²) >= 11 is 0. The maximum absolute atomic E-state index is 12.6. The van der Waals surface area contributed by atoms with Gasteiger partial charge in [0.2, 0.25) is 11.7 Å². The number of hydrogen-bond acceptors (Lipinski definition) is 5. The molecule has 0 bridgehead atoms. The molecule has 0 spiro atoms. The van der Waals surface area contributed by atoms with E-state index in [9.17, 15) is 13.2 Å².